The minimum Gasteiger partial charge on any atom is -0.497 e. The Bertz CT molecular complexity index is 1260. The zero-order valence-electron chi connectivity index (χ0n) is 16.6. The van der Waals surface area contributed by atoms with Crippen molar-refractivity contribution in [3.63, 3.8) is 0 Å². The smallest absolute Gasteiger partial charge is 0.325 e. The molecule has 1 aromatic heterocycles. The minimum atomic E-state index is -1.02. The highest BCUT2D eigenvalue weighted by Crippen LogP contribution is 2.56. The zero-order valence-corrected chi connectivity index (χ0v) is 16.6. The second-order valence-corrected chi connectivity index (χ2v) is 7.32. The summed E-state index contributed by atoms with van der Waals surface area (Å²) in [5.41, 5.74) is 4.92. The number of hydrogen-bond donors (Lipinski definition) is 0. The Morgan fingerprint density at radius 2 is 1.66 bits per heavy atom. The molecule has 4 heteroatoms. The normalized spacial score (nSPS) is 17.1. The Hall–Kier alpha value is -3.53. The number of aromatic nitrogens is 1. The molecule has 4 aromatic rings. The molecule has 1 unspecified atom stereocenters. The van der Waals surface area contributed by atoms with Gasteiger partial charge in [0.1, 0.15) is 11.2 Å². The molecule has 1 atom stereocenters. The molecule has 0 spiro atoms. The van der Waals surface area contributed by atoms with Crippen molar-refractivity contribution in [2.45, 2.75) is 5.41 Å². The zero-order chi connectivity index (χ0) is 20.2. The largest absolute Gasteiger partial charge is 0.497 e. The number of benzene rings is 3. The van der Waals surface area contributed by atoms with Crippen LogP contribution >= 0.6 is 0 Å². The van der Waals surface area contributed by atoms with E-state index in [0.29, 0.717) is 0 Å². The number of methoxy groups -OCH3 is 2. The van der Waals surface area contributed by atoms with Crippen molar-refractivity contribution in [2.24, 2.45) is 7.05 Å². The molecule has 0 N–H and O–H groups in total. The summed E-state index contributed by atoms with van der Waals surface area (Å²) in [6.07, 6.45) is 0. The van der Waals surface area contributed by atoms with E-state index in [9.17, 15) is 4.79 Å². The first kappa shape index (κ1) is 17.6. The number of esters is 1. The summed E-state index contributed by atoms with van der Waals surface area (Å²) in [7, 11) is 5.16. The SMILES string of the molecule is COC(=O)C1(c2ccccc2)c2ccccc2-c2c1c1ccc(OC)cc1n2C. The molecule has 0 amide bonds. The van der Waals surface area contributed by atoms with Gasteiger partial charge in [-0.1, -0.05) is 54.6 Å². The van der Waals surface area contributed by atoms with Crippen LogP contribution < -0.4 is 4.74 Å². The van der Waals surface area contributed by atoms with E-state index < -0.39 is 5.41 Å². The summed E-state index contributed by atoms with van der Waals surface area (Å²) in [5, 5.41) is 1.02. The van der Waals surface area contributed by atoms with Crippen molar-refractivity contribution < 1.29 is 14.3 Å². The highest BCUT2D eigenvalue weighted by molar-refractivity contribution is 6.08. The molecular formula is C25H21NO3. The fraction of sp³-hybridized carbons (Fsp3) is 0.160. The van der Waals surface area contributed by atoms with Crippen LogP contribution in [0.15, 0.2) is 72.8 Å². The van der Waals surface area contributed by atoms with Crippen LogP contribution in [0, 0.1) is 0 Å². The standard InChI is InChI=1S/C25H21NO3/c1-26-21-15-17(28-2)13-14-19(21)22-23(26)18-11-7-8-12-20(18)25(22,24(27)29-3)16-9-5-4-6-10-16/h4-15H,1-3H3. The van der Waals surface area contributed by atoms with Crippen LogP contribution in [-0.2, 0) is 22.0 Å². The van der Waals surface area contributed by atoms with E-state index >= 15 is 0 Å². The summed E-state index contributed by atoms with van der Waals surface area (Å²) in [5.74, 6) is 0.506. The van der Waals surface area contributed by atoms with Crippen LogP contribution in [0.3, 0.4) is 0 Å². The predicted molar refractivity (Wildman–Crippen MR) is 113 cm³/mol. The van der Waals surface area contributed by atoms with Gasteiger partial charge in [0, 0.05) is 29.6 Å². The van der Waals surface area contributed by atoms with Crippen molar-refractivity contribution in [3.05, 3.63) is 89.5 Å². The Balaban J connectivity index is 2.01. The maximum Gasteiger partial charge on any atom is 0.325 e. The van der Waals surface area contributed by atoms with Crippen LogP contribution in [0.4, 0.5) is 0 Å². The van der Waals surface area contributed by atoms with Gasteiger partial charge in [0.15, 0.2) is 0 Å². The van der Waals surface area contributed by atoms with Crippen molar-refractivity contribution >= 4 is 16.9 Å². The van der Waals surface area contributed by atoms with Gasteiger partial charge in [-0.25, -0.2) is 0 Å². The molecule has 4 nitrogen and oxygen atoms in total. The van der Waals surface area contributed by atoms with Gasteiger partial charge in [-0.3, -0.25) is 4.79 Å². The van der Waals surface area contributed by atoms with Crippen LogP contribution in [-0.4, -0.2) is 24.8 Å². The predicted octanol–water partition coefficient (Wildman–Crippen LogP) is 4.67. The average Bonchev–Trinajstić information content (AvgIpc) is 3.25. The number of aryl methyl sites for hydroxylation is 1. The second kappa shape index (κ2) is 6.24. The highest BCUT2D eigenvalue weighted by atomic mass is 16.5. The van der Waals surface area contributed by atoms with Crippen LogP contribution in [0.2, 0.25) is 0 Å². The van der Waals surface area contributed by atoms with Gasteiger partial charge in [-0.15, -0.1) is 0 Å². The van der Waals surface area contributed by atoms with Gasteiger partial charge in [-0.2, -0.15) is 0 Å². The van der Waals surface area contributed by atoms with Crippen LogP contribution in [0.5, 0.6) is 5.75 Å². The third-order valence-electron chi connectivity index (χ3n) is 6.07. The van der Waals surface area contributed by atoms with E-state index in [1.54, 1.807) is 7.11 Å². The molecule has 0 bridgehead atoms. The van der Waals surface area contributed by atoms with Gasteiger partial charge in [-0.05, 0) is 23.3 Å². The van der Waals surface area contributed by atoms with E-state index in [4.69, 9.17) is 9.47 Å². The number of carbonyl (C=O) groups excluding carboxylic acids is 1. The summed E-state index contributed by atoms with van der Waals surface area (Å²) in [6, 6.07) is 24.0. The fourth-order valence-corrected chi connectivity index (χ4v) is 4.86. The third kappa shape index (κ3) is 2.11. The first-order valence-electron chi connectivity index (χ1n) is 9.55. The van der Waals surface area contributed by atoms with Gasteiger partial charge in [0.2, 0.25) is 0 Å². The molecular weight excluding hydrogens is 362 g/mol. The first-order chi connectivity index (χ1) is 14.1. The van der Waals surface area contributed by atoms with Gasteiger partial charge >= 0.3 is 5.97 Å². The lowest BCUT2D eigenvalue weighted by Crippen LogP contribution is -2.37. The summed E-state index contributed by atoms with van der Waals surface area (Å²) < 4.78 is 13.0. The van der Waals surface area contributed by atoms with E-state index in [-0.39, 0.29) is 5.97 Å². The topological polar surface area (TPSA) is 40.5 Å². The highest BCUT2D eigenvalue weighted by Gasteiger charge is 2.54. The fourth-order valence-electron chi connectivity index (χ4n) is 4.86. The molecule has 0 aliphatic heterocycles. The molecule has 0 saturated heterocycles. The summed E-state index contributed by atoms with van der Waals surface area (Å²) >= 11 is 0. The lowest BCUT2D eigenvalue weighted by molar-refractivity contribution is -0.144. The first-order valence-corrected chi connectivity index (χ1v) is 9.55. The van der Waals surface area contributed by atoms with Crippen LogP contribution in [0.25, 0.3) is 22.2 Å². The van der Waals surface area contributed by atoms with Crippen molar-refractivity contribution in [1.29, 1.82) is 0 Å². The molecule has 1 aliphatic rings. The maximum atomic E-state index is 13.6. The molecule has 0 saturated carbocycles. The number of rotatable bonds is 3. The number of fused-ring (bicyclic) bond motifs is 5. The maximum absolute atomic E-state index is 13.6. The number of hydrogen-bond acceptors (Lipinski definition) is 3. The molecule has 144 valence electrons. The molecule has 0 fully saturated rings. The minimum absolute atomic E-state index is 0.279. The van der Waals surface area contributed by atoms with Crippen molar-refractivity contribution in [1.82, 2.24) is 4.57 Å². The molecule has 1 aliphatic carbocycles. The molecule has 5 rings (SSSR count). The van der Waals surface area contributed by atoms with E-state index in [2.05, 4.69) is 10.6 Å². The Morgan fingerprint density at radius 3 is 2.38 bits per heavy atom. The Morgan fingerprint density at radius 1 is 0.931 bits per heavy atom. The quantitative estimate of drug-likeness (QED) is 0.483. The van der Waals surface area contributed by atoms with Gasteiger partial charge < -0.3 is 14.0 Å². The Kier molecular flexibility index (Phi) is 3.78. The number of nitrogens with zero attached hydrogens (tertiary/aromatic N) is 1. The van der Waals surface area contributed by atoms with Crippen molar-refractivity contribution in [2.75, 3.05) is 14.2 Å². The van der Waals surface area contributed by atoms with E-state index in [1.807, 2.05) is 73.8 Å². The van der Waals surface area contributed by atoms with Crippen molar-refractivity contribution in [3.8, 4) is 17.0 Å². The van der Waals surface area contributed by atoms with E-state index in [1.165, 1.54) is 7.11 Å². The molecule has 3 aromatic carbocycles. The second-order valence-electron chi connectivity index (χ2n) is 7.32. The monoisotopic (exact) mass is 383 g/mol. The molecule has 1 heterocycles. The number of ether oxygens (including phenoxy) is 2. The van der Waals surface area contributed by atoms with Gasteiger partial charge in [0.25, 0.3) is 0 Å². The molecule has 0 radical (unpaired) electrons. The van der Waals surface area contributed by atoms with E-state index in [0.717, 1.165) is 44.6 Å². The lowest BCUT2D eigenvalue weighted by Gasteiger charge is -2.29. The van der Waals surface area contributed by atoms with Crippen LogP contribution in [0.1, 0.15) is 16.7 Å². The third-order valence-corrected chi connectivity index (χ3v) is 6.07. The van der Waals surface area contributed by atoms with Gasteiger partial charge in [0.05, 0.1) is 25.4 Å². The lowest BCUT2D eigenvalue weighted by atomic mass is 9.72. The summed E-state index contributed by atoms with van der Waals surface area (Å²) in [6.45, 7) is 0. The Labute approximate surface area is 169 Å². The molecule has 29 heavy (non-hydrogen) atoms. The average molecular weight is 383 g/mol. The summed E-state index contributed by atoms with van der Waals surface area (Å²) in [4.78, 5) is 13.6. The number of carbonyl (C=O) groups is 1.